The van der Waals surface area contributed by atoms with Gasteiger partial charge in [0.1, 0.15) is 12.4 Å². The third-order valence-electron chi connectivity index (χ3n) is 4.91. The maximum atomic E-state index is 12.1. The molecule has 8 heteroatoms. The molecule has 1 atom stereocenters. The van der Waals surface area contributed by atoms with E-state index in [1.165, 1.54) is 11.8 Å². The SMILES string of the molecule is Cn1c(COc2cccc3ccccc23)nnc1SCC(=O)NCC1CCCO1. The zero-order valence-corrected chi connectivity index (χ0v) is 17.2. The summed E-state index contributed by atoms with van der Waals surface area (Å²) in [6.45, 7) is 1.67. The predicted molar refractivity (Wildman–Crippen MR) is 112 cm³/mol. The first kappa shape index (κ1) is 19.7. The van der Waals surface area contributed by atoms with Crippen LogP contribution in [0.2, 0.25) is 0 Å². The van der Waals surface area contributed by atoms with Crippen molar-refractivity contribution < 1.29 is 14.3 Å². The van der Waals surface area contributed by atoms with Gasteiger partial charge < -0.3 is 19.4 Å². The molecule has 4 rings (SSSR count). The number of amides is 1. The van der Waals surface area contributed by atoms with E-state index in [9.17, 15) is 4.79 Å². The van der Waals surface area contributed by atoms with Crippen LogP contribution in [0.4, 0.5) is 0 Å². The Bertz CT molecular complexity index is 980. The van der Waals surface area contributed by atoms with Crippen molar-refractivity contribution >= 4 is 28.4 Å². The molecule has 2 aromatic carbocycles. The van der Waals surface area contributed by atoms with Crippen molar-refractivity contribution in [3.05, 3.63) is 48.3 Å². The lowest BCUT2D eigenvalue weighted by molar-refractivity contribution is -0.119. The highest BCUT2D eigenvalue weighted by Gasteiger charge is 2.17. The van der Waals surface area contributed by atoms with Crippen LogP contribution in [0, 0.1) is 0 Å². The Labute approximate surface area is 173 Å². The van der Waals surface area contributed by atoms with Gasteiger partial charge in [0.15, 0.2) is 11.0 Å². The van der Waals surface area contributed by atoms with Crippen molar-refractivity contribution in [3.8, 4) is 5.75 Å². The highest BCUT2D eigenvalue weighted by molar-refractivity contribution is 7.99. The minimum atomic E-state index is -0.0259. The van der Waals surface area contributed by atoms with Crippen molar-refractivity contribution in [2.45, 2.75) is 30.7 Å². The van der Waals surface area contributed by atoms with Crippen LogP contribution in [-0.2, 0) is 23.2 Å². The molecule has 1 aromatic heterocycles. The second-order valence-corrected chi connectivity index (χ2v) is 7.89. The minimum Gasteiger partial charge on any atom is -0.485 e. The summed E-state index contributed by atoms with van der Waals surface area (Å²) in [5.74, 6) is 1.79. The van der Waals surface area contributed by atoms with E-state index in [-0.39, 0.29) is 12.0 Å². The smallest absolute Gasteiger partial charge is 0.230 e. The fourth-order valence-corrected chi connectivity index (χ4v) is 4.03. The molecule has 0 radical (unpaired) electrons. The average molecular weight is 413 g/mol. The number of nitrogens with one attached hydrogen (secondary N) is 1. The van der Waals surface area contributed by atoms with E-state index in [0.717, 1.165) is 36.0 Å². The Morgan fingerprint density at radius 1 is 1.28 bits per heavy atom. The molecule has 1 saturated heterocycles. The fraction of sp³-hybridized carbons (Fsp3) is 0.381. The van der Waals surface area contributed by atoms with Crippen LogP contribution < -0.4 is 10.1 Å². The molecule has 0 spiro atoms. The van der Waals surface area contributed by atoms with Gasteiger partial charge >= 0.3 is 0 Å². The number of thioether (sulfide) groups is 1. The summed E-state index contributed by atoms with van der Waals surface area (Å²) in [5.41, 5.74) is 0. The predicted octanol–water partition coefficient (Wildman–Crippen LogP) is 2.93. The molecule has 1 N–H and O–H groups in total. The quantitative estimate of drug-likeness (QED) is 0.573. The lowest BCUT2D eigenvalue weighted by Crippen LogP contribution is -2.32. The zero-order chi connectivity index (χ0) is 20.1. The highest BCUT2D eigenvalue weighted by atomic mass is 32.2. The number of nitrogens with zero attached hydrogens (tertiary/aromatic N) is 3. The van der Waals surface area contributed by atoms with Gasteiger partial charge in [0.2, 0.25) is 5.91 Å². The van der Waals surface area contributed by atoms with E-state index in [2.05, 4.69) is 27.6 Å². The number of hydrogen-bond donors (Lipinski definition) is 1. The topological polar surface area (TPSA) is 78.3 Å². The van der Waals surface area contributed by atoms with Crippen molar-refractivity contribution in [1.82, 2.24) is 20.1 Å². The summed E-state index contributed by atoms with van der Waals surface area (Å²) in [6.07, 6.45) is 2.23. The average Bonchev–Trinajstić information content (AvgIpc) is 3.39. The molecule has 152 valence electrons. The Hall–Kier alpha value is -2.58. The molecule has 0 aliphatic carbocycles. The number of hydrogen-bond acceptors (Lipinski definition) is 6. The van der Waals surface area contributed by atoms with Gasteiger partial charge in [0.05, 0.1) is 11.9 Å². The van der Waals surface area contributed by atoms with Gasteiger partial charge in [0.25, 0.3) is 0 Å². The first-order valence-corrected chi connectivity index (χ1v) is 10.7. The minimum absolute atomic E-state index is 0.0259. The van der Waals surface area contributed by atoms with E-state index in [4.69, 9.17) is 9.47 Å². The maximum absolute atomic E-state index is 12.1. The van der Waals surface area contributed by atoms with Crippen LogP contribution in [0.1, 0.15) is 18.7 Å². The standard InChI is InChI=1S/C21H24N4O3S/c1-25-19(13-28-18-10-4-7-15-6-2-3-9-17(15)18)23-24-21(25)29-14-20(26)22-12-16-8-5-11-27-16/h2-4,6-7,9-10,16H,5,8,11-14H2,1H3,(H,22,26). The Morgan fingerprint density at radius 2 is 2.14 bits per heavy atom. The molecule has 1 amide bonds. The Kier molecular flexibility index (Phi) is 6.31. The second-order valence-electron chi connectivity index (χ2n) is 6.95. The van der Waals surface area contributed by atoms with Gasteiger partial charge in [-0.3, -0.25) is 4.79 Å². The molecule has 3 aromatic rings. The van der Waals surface area contributed by atoms with Crippen LogP contribution in [-0.4, -0.2) is 45.7 Å². The third kappa shape index (κ3) is 4.89. The van der Waals surface area contributed by atoms with Crippen LogP contribution >= 0.6 is 11.8 Å². The van der Waals surface area contributed by atoms with E-state index in [1.807, 2.05) is 41.9 Å². The zero-order valence-electron chi connectivity index (χ0n) is 16.3. The molecule has 7 nitrogen and oxygen atoms in total. The number of benzene rings is 2. The molecule has 1 aliphatic heterocycles. The van der Waals surface area contributed by atoms with Crippen molar-refractivity contribution in [2.24, 2.45) is 7.05 Å². The molecule has 1 fully saturated rings. The van der Waals surface area contributed by atoms with Gasteiger partial charge in [-0.2, -0.15) is 0 Å². The number of carbonyl (C=O) groups excluding carboxylic acids is 1. The first-order chi connectivity index (χ1) is 14.2. The van der Waals surface area contributed by atoms with E-state index < -0.39 is 0 Å². The van der Waals surface area contributed by atoms with Crippen LogP contribution in [0.3, 0.4) is 0 Å². The lowest BCUT2D eigenvalue weighted by Gasteiger charge is -2.10. The Morgan fingerprint density at radius 3 is 3.00 bits per heavy atom. The molecular formula is C21H24N4O3S. The van der Waals surface area contributed by atoms with Gasteiger partial charge in [0, 0.05) is 25.6 Å². The van der Waals surface area contributed by atoms with Gasteiger partial charge in [-0.05, 0) is 24.3 Å². The normalized spacial score (nSPS) is 16.2. The van der Waals surface area contributed by atoms with E-state index in [0.29, 0.717) is 29.9 Å². The summed E-state index contributed by atoms with van der Waals surface area (Å²) in [6, 6.07) is 14.1. The van der Waals surface area contributed by atoms with Gasteiger partial charge in [-0.1, -0.05) is 48.2 Å². The molecule has 29 heavy (non-hydrogen) atoms. The van der Waals surface area contributed by atoms with Gasteiger partial charge in [-0.25, -0.2) is 0 Å². The lowest BCUT2D eigenvalue weighted by atomic mass is 10.1. The Balaban J connectivity index is 1.30. The largest absolute Gasteiger partial charge is 0.485 e. The van der Waals surface area contributed by atoms with Crippen LogP contribution in [0.5, 0.6) is 5.75 Å². The third-order valence-corrected chi connectivity index (χ3v) is 5.93. The summed E-state index contributed by atoms with van der Waals surface area (Å²) in [5, 5.41) is 14.2. The van der Waals surface area contributed by atoms with Gasteiger partial charge in [-0.15, -0.1) is 10.2 Å². The maximum Gasteiger partial charge on any atom is 0.230 e. The molecule has 2 heterocycles. The van der Waals surface area contributed by atoms with E-state index in [1.54, 1.807) is 0 Å². The number of carbonyl (C=O) groups is 1. The highest BCUT2D eigenvalue weighted by Crippen LogP contribution is 2.26. The molecule has 0 saturated carbocycles. The number of ether oxygens (including phenoxy) is 2. The molecular weight excluding hydrogens is 388 g/mol. The number of rotatable bonds is 8. The summed E-state index contributed by atoms with van der Waals surface area (Å²) < 4.78 is 13.4. The van der Waals surface area contributed by atoms with Crippen molar-refractivity contribution in [2.75, 3.05) is 18.9 Å². The molecule has 1 aliphatic rings. The van der Waals surface area contributed by atoms with Crippen LogP contribution in [0.25, 0.3) is 10.8 Å². The summed E-state index contributed by atoms with van der Waals surface area (Å²) in [4.78, 5) is 12.1. The van der Waals surface area contributed by atoms with Crippen LogP contribution in [0.15, 0.2) is 47.6 Å². The molecule has 1 unspecified atom stereocenters. The van der Waals surface area contributed by atoms with Crippen molar-refractivity contribution in [3.63, 3.8) is 0 Å². The van der Waals surface area contributed by atoms with E-state index >= 15 is 0 Å². The summed E-state index contributed by atoms with van der Waals surface area (Å²) >= 11 is 1.36. The monoisotopic (exact) mass is 412 g/mol. The van der Waals surface area contributed by atoms with Crippen molar-refractivity contribution in [1.29, 1.82) is 0 Å². The first-order valence-electron chi connectivity index (χ1n) is 9.70. The number of aromatic nitrogens is 3. The fourth-order valence-electron chi connectivity index (χ4n) is 3.27. The summed E-state index contributed by atoms with van der Waals surface area (Å²) in [7, 11) is 1.88. The molecule has 0 bridgehead atoms. The number of fused-ring (bicyclic) bond motifs is 1. The second kappa shape index (κ2) is 9.28.